The van der Waals surface area contributed by atoms with E-state index in [0.29, 0.717) is 42.9 Å². The SMILES string of the molecule is CCn1ccc2c(N3CCCS3(O)O)cc(C(=O)N[C@@H](Cc3ccccc3)[C@@H](O)CNC(C)(C)c3cccc(OC)c3)cc21. The van der Waals surface area contributed by atoms with Gasteiger partial charge in [0.05, 0.1) is 36.2 Å². The molecule has 1 aromatic heterocycles. The van der Waals surface area contributed by atoms with Gasteiger partial charge in [0, 0.05) is 42.3 Å². The highest BCUT2D eigenvalue weighted by molar-refractivity contribution is 8.25. The number of fused-ring (bicyclic) bond motifs is 1. The zero-order chi connectivity index (χ0) is 31.5. The van der Waals surface area contributed by atoms with Crippen LogP contribution in [0.3, 0.4) is 0 Å². The molecule has 44 heavy (non-hydrogen) atoms. The van der Waals surface area contributed by atoms with E-state index in [2.05, 4.69) is 10.6 Å². The maximum atomic E-state index is 13.9. The molecule has 236 valence electrons. The Hall–Kier alpha value is -3.54. The average Bonchev–Trinajstić information content (AvgIpc) is 3.61. The lowest BCUT2D eigenvalue weighted by atomic mass is 9.93. The van der Waals surface area contributed by atoms with Crippen LogP contribution in [0.15, 0.2) is 79.0 Å². The van der Waals surface area contributed by atoms with Gasteiger partial charge in [0.2, 0.25) is 0 Å². The van der Waals surface area contributed by atoms with Crippen LogP contribution in [0.4, 0.5) is 5.69 Å². The number of aliphatic hydroxyl groups is 1. The first kappa shape index (κ1) is 31.9. The summed E-state index contributed by atoms with van der Waals surface area (Å²) in [6.45, 7) is 7.56. The fraction of sp³-hybridized carbons (Fsp3) is 0.382. The normalized spacial score (nSPS) is 16.9. The third kappa shape index (κ3) is 6.90. The zero-order valence-electron chi connectivity index (χ0n) is 25.9. The maximum absolute atomic E-state index is 13.9. The van der Waals surface area contributed by atoms with Gasteiger partial charge in [-0.15, -0.1) is 10.8 Å². The summed E-state index contributed by atoms with van der Waals surface area (Å²) in [5, 5.41) is 19.0. The summed E-state index contributed by atoms with van der Waals surface area (Å²) in [6.07, 6.45) is 2.15. The minimum Gasteiger partial charge on any atom is -0.497 e. The van der Waals surface area contributed by atoms with E-state index in [1.54, 1.807) is 17.5 Å². The average molecular weight is 621 g/mol. The monoisotopic (exact) mass is 620 g/mol. The highest BCUT2D eigenvalue weighted by Crippen LogP contribution is 2.52. The van der Waals surface area contributed by atoms with Crippen LogP contribution in [0, 0.1) is 0 Å². The van der Waals surface area contributed by atoms with Gasteiger partial charge in [-0.3, -0.25) is 18.2 Å². The molecule has 2 heterocycles. The second-order valence-electron chi connectivity index (χ2n) is 11.9. The number of carbonyl (C=O) groups is 1. The van der Waals surface area contributed by atoms with Gasteiger partial charge in [-0.25, -0.2) is 0 Å². The van der Waals surface area contributed by atoms with Crippen LogP contribution in [-0.2, 0) is 18.5 Å². The van der Waals surface area contributed by atoms with Crippen molar-refractivity contribution < 1.29 is 23.7 Å². The predicted octanol–water partition coefficient (Wildman–Crippen LogP) is 5.77. The summed E-state index contributed by atoms with van der Waals surface area (Å²) in [5.41, 5.74) is 3.42. The number of aromatic nitrogens is 1. The lowest BCUT2D eigenvalue weighted by molar-refractivity contribution is 0.0814. The summed E-state index contributed by atoms with van der Waals surface area (Å²) in [6, 6.07) is 22.6. The third-order valence-electron chi connectivity index (χ3n) is 8.49. The quantitative estimate of drug-likeness (QED) is 0.136. The van der Waals surface area contributed by atoms with Crippen molar-refractivity contribution in [3.8, 4) is 5.75 Å². The number of hydrogen-bond donors (Lipinski definition) is 5. The molecule has 1 amide bonds. The summed E-state index contributed by atoms with van der Waals surface area (Å²) >= 11 is 0. The van der Waals surface area contributed by atoms with Crippen molar-refractivity contribution in [1.29, 1.82) is 0 Å². The zero-order valence-corrected chi connectivity index (χ0v) is 26.7. The van der Waals surface area contributed by atoms with Crippen LogP contribution in [0.5, 0.6) is 5.75 Å². The first-order valence-corrected chi connectivity index (χ1v) is 16.8. The standard InChI is InChI=1S/C34H44N4O5S/c1-5-37-17-15-28-30(37)20-25(21-31(28)38-16-10-18-44(38,41)42)33(40)36-29(19-24-11-7-6-8-12-24)32(39)23-35-34(2,3)26-13-9-14-27(22-26)43-4/h6-9,11-15,17,20-22,29,32,35,39,41-42H,5,10,16,18-19,23H2,1-4H3,(H,36,40)/t29-,32-/m0/s1. The lowest BCUT2D eigenvalue weighted by Gasteiger charge is -2.38. The third-order valence-corrected chi connectivity index (χ3v) is 10.4. The Morgan fingerprint density at radius 2 is 1.84 bits per heavy atom. The van der Waals surface area contributed by atoms with Crippen LogP contribution in [-0.4, -0.2) is 62.8 Å². The number of methoxy groups -OCH3 is 1. The molecule has 3 aromatic carbocycles. The number of benzene rings is 3. The second kappa shape index (κ2) is 13.2. The first-order chi connectivity index (χ1) is 21.0. The maximum Gasteiger partial charge on any atom is 0.251 e. The molecule has 0 spiro atoms. The fourth-order valence-electron chi connectivity index (χ4n) is 5.84. The van der Waals surface area contributed by atoms with Crippen LogP contribution < -0.4 is 19.7 Å². The number of carbonyl (C=O) groups excluding carboxylic acids is 1. The molecule has 9 nitrogen and oxygen atoms in total. The molecule has 0 bridgehead atoms. The van der Waals surface area contributed by atoms with Crippen molar-refractivity contribution in [2.75, 3.05) is 30.3 Å². The Kier molecular flexibility index (Phi) is 9.57. The Balaban J connectivity index is 1.42. The first-order valence-electron chi connectivity index (χ1n) is 15.1. The second-order valence-corrected chi connectivity index (χ2v) is 14.0. The number of aryl methyl sites for hydroxylation is 1. The van der Waals surface area contributed by atoms with Crippen LogP contribution in [0.2, 0.25) is 0 Å². The molecule has 0 saturated carbocycles. The number of amides is 1. The number of aliphatic hydroxyl groups excluding tert-OH is 1. The van der Waals surface area contributed by atoms with E-state index in [0.717, 1.165) is 27.8 Å². The molecule has 1 aliphatic heterocycles. The highest BCUT2D eigenvalue weighted by atomic mass is 32.3. The molecule has 4 aromatic rings. The molecule has 0 radical (unpaired) electrons. The van der Waals surface area contributed by atoms with Gasteiger partial charge in [0.15, 0.2) is 0 Å². The number of hydrogen-bond acceptors (Lipinski definition) is 7. The van der Waals surface area contributed by atoms with Crippen molar-refractivity contribution >= 4 is 33.3 Å². The van der Waals surface area contributed by atoms with Gasteiger partial charge in [-0.2, -0.15) is 0 Å². The highest BCUT2D eigenvalue weighted by Gasteiger charge is 2.32. The molecule has 1 aliphatic rings. The molecule has 10 heteroatoms. The van der Waals surface area contributed by atoms with Crippen molar-refractivity contribution in [1.82, 2.24) is 15.2 Å². The predicted molar refractivity (Wildman–Crippen MR) is 179 cm³/mol. The number of anilines is 1. The number of rotatable bonds is 12. The van der Waals surface area contributed by atoms with Gasteiger partial charge in [-0.1, -0.05) is 42.5 Å². The van der Waals surface area contributed by atoms with Gasteiger partial charge >= 0.3 is 0 Å². The molecule has 5 N–H and O–H groups in total. The molecule has 0 aliphatic carbocycles. The molecule has 5 rings (SSSR count). The van der Waals surface area contributed by atoms with Gasteiger partial charge < -0.3 is 25.0 Å². The molecule has 2 atom stereocenters. The van der Waals surface area contributed by atoms with Crippen molar-refractivity contribution in [3.63, 3.8) is 0 Å². The number of ether oxygens (including phenoxy) is 1. The van der Waals surface area contributed by atoms with Crippen molar-refractivity contribution in [2.24, 2.45) is 0 Å². The summed E-state index contributed by atoms with van der Waals surface area (Å²) < 4.78 is 30.7. The van der Waals surface area contributed by atoms with Crippen molar-refractivity contribution in [2.45, 2.75) is 57.8 Å². The van der Waals surface area contributed by atoms with E-state index < -0.39 is 28.5 Å². The minimum atomic E-state index is -2.96. The fourth-order valence-corrected chi connectivity index (χ4v) is 7.47. The number of nitrogens with one attached hydrogen (secondary N) is 2. The van der Waals surface area contributed by atoms with E-state index >= 15 is 0 Å². The Morgan fingerprint density at radius 1 is 1.07 bits per heavy atom. The molecule has 0 unspecified atom stereocenters. The molecule has 1 saturated heterocycles. The lowest BCUT2D eigenvalue weighted by Crippen LogP contribution is -2.51. The van der Waals surface area contributed by atoms with E-state index in [1.807, 2.05) is 98.3 Å². The Morgan fingerprint density at radius 3 is 2.52 bits per heavy atom. The van der Waals surface area contributed by atoms with Gasteiger partial charge in [-0.05, 0) is 75.1 Å². The van der Waals surface area contributed by atoms with E-state index in [9.17, 15) is 19.0 Å². The smallest absolute Gasteiger partial charge is 0.251 e. The van der Waals surface area contributed by atoms with Crippen molar-refractivity contribution in [3.05, 3.63) is 95.7 Å². The van der Waals surface area contributed by atoms with Crippen LogP contribution in [0.1, 0.15) is 48.7 Å². The molecular formula is C34H44N4O5S. The summed E-state index contributed by atoms with van der Waals surface area (Å²) in [4.78, 5) is 13.9. The number of nitrogens with zero attached hydrogens (tertiary/aromatic N) is 2. The molecule has 1 fully saturated rings. The van der Waals surface area contributed by atoms with Crippen LogP contribution >= 0.6 is 10.8 Å². The Bertz CT molecular complexity index is 1590. The van der Waals surface area contributed by atoms with Crippen LogP contribution in [0.25, 0.3) is 10.9 Å². The summed E-state index contributed by atoms with van der Waals surface area (Å²) in [5.74, 6) is 0.733. The summed E-state index contributed by atoms with van der Waals surface area (Å²) in [7, 11) is -1.33. The van der Waals surface area contributed by atoms with Gasteiger partial charge in [0.1, 0.15) is 5.75 Å². The molecular weight excluding hydrogens is 576 g/mol. The van der Waals surface area contributed by atoms with Gasteiger partial charge in [0.25, 0.3) is 5.91 Å². The Labute approximate surface area is 261 Å². The topological polar surface area (TPSA) is 119 Å². The largest absolute Gasteiger partial charge is 0.497 e. The van der Waals surface area contributed by atoms with E-state index in [-0.39, 0.29) is 12.5 Å². The van der Waals surface area contributed by atoms with E-state index in [1.165, 1.54) is 0 Å². The minimum absolute atomic E-state index is 0.236. The van der Waals surface area contributed by atoms with E-state index in [4.69, 9.17) is 4.74 Å².